The van der Waals surface area contributed by atoms with Gasteiger partial charge in [0.1, 0.15) is 0 Å². The van der Waals surface area contributed by atoms with Gasteiger partial charge in [-0.15, -0.1) is 10.2 Å². The number of thioether (sulfide) groups is 2. The van der Waals surface area contributed by atoms with E-state index in [1.54, 1.807) is 23.1 Å². The van der Waals surface area contributed by atoms with E-state index in [1.807, 2.05) is 6.92 Å². The van der Waals surface area contributed by atoms with E-state index in [-0.39, 0.29) is 17.3 Å². The van der Waals surface area contributed by atoms with Crippen LogP contribution in [0.5, 0.6) is 0 Å². The maximum absolute atomic E-state index is 12.3. The van der Waals surface area contributed by atoms with Crippen molar-refractivity contribution in [2.24, 2.45) is 0 Å². The van der Waals surface area contributed by atoms with Crippen LogP contribution in [0, 0.1) is 0 Å². The van der Waals surface area contributed by atoms with Crippen molar-refractivity contribution >= 4 is 40.8 Å². The normalized spacial score (nSPS) is 17.8. The van der Waals surface area contributed by atoms with Gasteiger partial charge in [-0.2, -0.15) is 0 Å². The van der Waals surface area contributed by atoms with E-state index in [9.17, 15) is 4.79 Å². The number of hydrogen-bond acceptors (Lipinski definition) is 7. The molecule has 1 aliphatic rings. The van der Waals surface area contributed by atoms with Crippen molar-refractivity contribution in [3.05, 3.63) is 35.4 Å². The highest BCUT2D eigenvalue weighted by atomic mass is 32.2. The molecule has 1 aliphatic heterocycles. The van der Waals surface area contributed by atoms with Gasteiger partial charge in [0.2, 0.25) is 5.91 Å². The van der Waals surface area contributed by atoms with Crippen molar-refractivity contribution in [1.29, 1.82) is 0 Å². The lowest BCUT2D eigenvalue weighted by atomic mass is 10.0. The minimum Gasteiger partial charge on any atom is -0.376 e. The Hall–Kier alpha value is -1.09. The van der Waals surface area contributed by atoms with E-state index in [2.05, 4.69) is 53.6 Å². The van der Waals surface area contributed by atoms with E-state index in [0.717, 1.165) is 33.9 Å². The van der Waals surface area contributed by atoms with Gasteiger partial charge < -0.3 is 10.1 Å². The molecule has 1 N–H and O–H groups in total. The molecule has 0 aliphatic carbocycles. The van der Waals surface area contributed by atoms with E-state index in [4.69, 9.17) is 4.74 Å². The number of nitrogens with one attached hydrogen (secondary N) is 1. The van der Waals surface area contributed by atoms with Crippen molar-refractivity contribution in [2.75, 3.05) is 13.2 Å². The summed E-state index contributed by atoms with van der Waals surface area (Å²) in [5.41, 5.74) is 2.63. The molecular weight excluding hydrogens is 410 g/mol. The van der Waals surface area contributed by atoms with Gasteiger partial charge >= 0.3 is 0 Å². The standard InChI is InChI=1S/C20H27N3O2S3/c1-13(2)16-8-6-15(7-9-16)12-26-19-22-23-20(28-19)27-14(3)18(24)21-11-17-5-4-10-25-17/h6-9,13-14,17H,4-5,10-12H2,1-3H3,(H,21,24). The van der Waals surface area contributed by atoms with Gasteiger partial charge in [-0.05, 0) is 36.8 Å². The minimum absolute atomic E-state index is 0.0233. The Labute approximate surface area is 179 Å². The summed E-state index contributed by atoms with van der Waals surface area (Å²) in [6.07, 6.45) is 2.27. The third-order valence-electron chi connectivity index (χ3n) is 4.57. The van der Waals surface area contributed by atoms with E-state index < -0.39 is 0 Å². The Bertz CT molecular complexity index is 758. The lowest BCUT2D eigenvalue weighted by molar-refractivity contribution is -0.120. The number of carbonyl (C=O) groups is 1. The molecule has 1 aromatic heterocycles. The van der Waals surface area contributed by atoms with Gasteiger partial charge in [-0.1, -0.05) is 73.0 Å². The predicted molar refractivity (Wildman–Crippen MR) is 117 cm³/mol. The fourth-order valence-electron chi connectivity index (χ4n) is 2.82. The lowest BCUT2D eigenvalue weighted by Crippen LogP contribution is -2.36. The van der Waals surface area contributed by atoms with Crippen LogP contribution in [0.2, 0.25) is 0 Å². The van der Waals surface area contributed by atoms with Gasteiger partial charge in [-0.25, -0.2) is 0 Å². The minimum atomic E-state index is -0.198. The van der Waals surface area contributed by atoms with Crippen molar-refractivity contribution in [3.8, 4) is 0 Å². The summed E-state index contributed by atoms with van der Waals surface area (Å²) >= 11 is 4.69. The topological polar surface area (TPSA) is 64.1 Å². The molecule has 152 valence electrons. The molecule has 5 nitrogen and oxygen atoms in total. The zero-order valence-electron chi connectivity index (χ0n) is 16.5. The predicted octanol–water partition coefficient (Wildman–Crippen LogP) is 4.73. The highest BCUT2D eigenvalue weighted by Gasteiger charge is 2.20. The number of carbonyl (C=O) groups excluding carboxylic acids is 1. The average molecular weight is 438 g/mol. The van der Waals surface area contributed by atoms with E-state index >= 15 is 0 Å². The Morgan fingerprint density at radius 3 is 2.68 bits per heavy atom. The molecule has 0 bridgehead atoms. The molecule has 1 saturated heterocycles. The number of aromatic nitrogens is 2. The maximum Gasteiger partial charge on any atom is 0.233 e. The molecular formula is C20H27N3O2S3. The molecule has 3 rings (SSSR count). The molecule has 2 aromatic rings. The fraction of sp³-hybridized carbons (Fsp3) is 0.550. The summed E-state index contributed by atoms with van der Waals surface area (Å²) in [5.74, 6) is 1.44. The molecule has 0 radical (unpaired) electrons. The molecule has 0 spiro atoms. The molecule has 1 aromatic carbocycles. The molecule has 1 fully saturated rings. The Morgan fingerprint density at radius 1 is 1.25 bits per heavy atom. The zero-order chi connectivity index (χ0) is 19.9. The number of rotatable bonds is 9. The quantitative estimate of drug-likeness (QED) is 0.572. The highest BCUT2D eigenvalue weighted by molar-refractivity contribution is 8.03. The van der Waals surface area contributed by atoms with Crippen molar-refractivity contribution in [2.45, 2.75) is 65.3 Å². The first-order valence-corrected chi connectivity index (χ1v) is 12.3. The molecule has 28 heavy (non-hydrogen) atoms. The fourth-order valence-corrected chi connectivity index (χ4v) is 5.96. The van der Waals surface area contributed by atoms with Crippen LogP contribution in [0.1, 0.15) is 50.7 Å². The molecule has 2 unspecified atom stereocenters. The van der Waals surface area contributed by atoms with Crippen molar-refractivity contribution in [1.82, 2.24) is 15.5 Å². The second-order valence-corrected chi connectivity index (χ2v) is 10.9. The Balaban J connectivity index is 1.43. The summed E-state index contributed by atoms with van der Waals surface area (Å²) in [5, 5.41) is 11.3. The number of benzene rings is 1. The maximum atomic E-state index is 12.3. The van der Waals surface area contributed by atoms with Gasteiger partial charge in [0.05, 0.1) is 11.4 Å². The van der Waals surface area contributed by atoms with Crippen LogP contribution in [0.15, 0.2) is 32.9 Å². The van der Waals surface area contributed by atoms with Crippen LogP contribution in [0.25, 0.3) is 0 Å². The van der Waals surface area contributed by atoms with Gasteiger partial charge in [-0.3, -0.25) is 4.79 Å². The summed E-state index contributed by atoms with van der Waals surface area (Å²) in [7, 11) is 0. The SMILES string of the molecule is CC(Sc1nnc(SCc2ccc(C(C)C)cc2)s1)C(=O)NCC1CCCO1. The second-order valence-electron chi connectivity index (χ2n) is 7.16. The van der Waals surface area contributed by atoms with Crippen molar-refractivity contribution < 1.29 is 9.53 Å². The second kappa shape index (κ2) is 10.6. The Morgan fingerprint density at radius 2 is 2.00 bits per heavy atom. The Kier molecular flexibility index (Phi) is 8.20. The molecule has 2 atom stereocenters. The van der Waals surface area contributed by atoms with Crippen molar-refractivity contribution in [3.63, 3.8) is 0 Å². The van der Waals surface area contributed by atoms with Crippen LogP contribution in [-0.4, -0.2) is 40.6 Å². The molecule has 8 heteroatoms. The molecule has 2 heterocycles. The van der Waals surface area contributed by atoms with Crippen LogP contribution in [0.4, 0.5) is 0 Å². The lowest BCUT2D eigenvalue weighted by Gasteiger charge is -2.13. The van der Waals surface area contributed by atoms with Crippen LogP contribution in [0.3, 0.4) is 0 Å². The van der Waals surface area contributed by atoms with E-state index in [1.165, 1.54) is 22.9 Å². The van der Waals surface area contributed by atoms with Crippen LogP contribution >= 0.6 is 34.9 Å². The zero-order valence-corrected chi connectivity index (χ0v) is 19.0. The summed E-state index contributed by atoms with van der Waals surface area (Å²) in [6.45, 7) is 7.70. The third kappa shape index (κ3) is 6.47. The summed E-state index contributed by atoms with van der Waals surface area (Å²) in [6, 6.07) is 8.75. The molecule has 1 amide bonds. The summed E-state index contributed by atoms with van der Waals surface area (Å²) < 4.78 is 7.31. The smallest absolute Gasteiger partial charge is 0.233 e. The first kappa shape index (κ1) is 21.6. The van der Waals surface area contributed by atoms with Gasteiger partial charge in [0, 0.05) is 18.9 Å². The van der Waals surface area contributed by atoms with Gasteiger partial charge in [0.25, 0.3) is 0 Å². The summed E-state index contributed by atoms with van der Waals surface area (Å²) in [4.78, 5) is 12.3. The highest BCUT2D eigenvalue weighted by Crippen LogP contribution is 2.32. The number of nitrogens with zero attached hydrogens (tertiary/aromatic N) is 2. The first-order chi connectivity index (χ1) is 13.5. The first-order valence-electron chi connectivity index (χ1n) is 9.62. The van der Waals surface area contributed by atoms with Gasteiger partial charge in [0.15, 0.2) is 8.68 Å². The number of ether oxygens (including phenoxy) is 1. The monoisotopic (exact) mass is 437 g/mol. The van der Waals surface area contributed by atoms with E-state index in [0.29, 0.717) is 12.5 Å². The van der Waals surface area contributed by atoms with Crippen LogP contribution < -0.4 is 5.32 Å². The number of amides is 1. The average Bonchev–Trinajstić information content (AvgIpc) is 3.36. The number of hydrogen-bond donors (Lipinski definition) is 1. The molecule has 0 saturated carbocycles. The largest absolute Gasteiger partial charge is 0.376 e. The van der Waals surface area contributed by atoms with Crippen LogP contribution in [-0.2, 0) is 15.3 Å². The third-order valence-corrected chi connectivity index (χ3v) is 7.88.